The van der Waals surface area contributed by atoms with Crippen molar-refractivity contribution < 1.29 is 56.8 Å². The standard InChI is InChI=1S/C53H88O12S/c1-3-5-7-9-11-13-15-17-19-21-23-25-27-29-31-33-35-37-39-41-48(54)62-43-46(44-63-53-52(58)51(57)50(56)47(65-53)45-66(59,60)61)64-49(55)42-40-38-36-34-32-30-28-26-24-22-20-18-16-14-12-10-8-6-4-2/h6,8,11-14,17-20,24,26,30,32,46-47,50-53,56-58H,3-5,7,9-10,15-16,21-23,25,27-29,31,33-45H2,1-2H3,(H,59,60,61)/b8-6-,13-11-,14-12-,19-17-,20-18-,26-24-,32-30-. The first-order chi connectivity index (χ1) is 32.0. The van der Waals surface area contributed by atoms with Crippen LogP contribution in [0.25, 0.3) is 0 Å². The summed E-state index contributed by atoms with van der Waals surface area (Å²) in [7, 11) is -4.62. The minimum atomic E-state index is -4.62. The molecule has 0 aliphatic carbocycles. The number of aliphatic hydroxyl groups excluding tert-OH is 3. The molecule has 1 aliphatic heterocycles. The second-order valence-corrected chi connectivity index (χ2v) is 18.6. The number of hydrogen-bond donors (Lipinski definition) is 4. The topological polar surface area (TPSA) is 186 Å². The summed E-state index contributed by atoms with van der Waals surface area (Å²) in [5.74, 6) is -2.04. The van der Waals surface area contributed by atoms with E-state index in [2.05, 4.69) is 98.9 Å². The highest BCUT2D eigenvalue weighted by Gasteiger charge is 2.46. The van der Waals surface area contributed by atoms with Gasteiger partial charge in [-0.2, -0.15) is 8.42 Å². The Bertz CT molecular complexity index is 1530. The molecule has 0 aromatic heterocycles. The van der Waals surface area contributed by atoms with E-state index >= 15 is 0 Å². The minimum absolute atomic E-state index is 0.120. The van der Waals surface area contributed by atoms with Gasteiger partial charge in [0.1, 0.15) is 36.8 Å². The van der Waals surface area contributed by atoms with Gasteiger partial charge >= 0.3 is 11.9 Å². The molecular formula is C53H88O12S. The zero-order chi connectivity index (χ0) is 48.4. The molecule has 0 aromatic rings. The van der Waals surface area contributed by atoms with E-state index < -0.39 is 71.2 Å². The number of rotatable bonds is 41. The highest BCUT2D eigenvalue weighted by atomic mass is 32.2. The van der Waals surface area contributed by atoms with Crippen molar-refractivity contribution in [1.82, 2.24) is 0 Å². The number of hydrogen-bond acceptors (Lipinski definition) is 11. The molecule has 6 unspecified atom stereocenters. The predicted octanol–water partition coefficient (Wildman–Crippen LogP) is 11.2. The van der Waals surface area contributed by atoms with Crippen LogP contribution in [-0.4, -0.2) is 96.0 Å². The summed E-state index contributed by atoms with van der Waals surface area (Å²) in [6.45, 7) is 3.60. The average molecular weight is 949 g/mol. The highest BCUT2D eigenvalue weighted by molar-refractivity contribution is 7.85. The molecule has 378 valence electrons. The Kier molecular flexibility index (Phi) is 38.7. The van der Waals surface area contributed by atoms with Crippen LogP contribution in [0.2, 0.25) is 0 Å². The molecule has 0 radical (unpaired) electrons. The molecule has 4 N–H and O–H groups in total. The van der Waals surface area contributed by atoms with Crippen molar-refractivity contribution in [3.8, 4) is 0 Å². The molecule has 0 bridgehead atoms. The zero-order valence-electron chi connectivity index (χ0n) is 40.5. The Hall–Kier alpha value is -3.17. The van der Waals surface area contributed by atoms with E-state index in [-0.39, 0.29) is 19.4 Å². The lowest BCUT2D eigenvalue weighted by Gasteiger charge is -2.40. The SMILES string of the molecule is CC/C=C\C/C=C\C/C=C\C/C=C\C/C=C\CCCCCC(=O)OC(COC(=O)CCCCCCCCCCC/C=C\C/C=C\CCCCC)COC1OC(CS(=O)(=O)O)C(O)C(O)C1O. The summed E-state index contributed by atoms with van der Waals surface area (Å²) in [5.41, 5.74) is 0. The molecule has 0 aromatic carbocycles. The summed E-state index contributed by atoms with van der Waals surface area (Å²) in [6, 6.07) is 0. The van der Waals surface area contributed by atoms with Crippen LogP contribution in [-0.2, 0) is 38.7 Å². The average Bonchev–Trinajstić information content (AvgIpc) is 3.28. The number of carbonyl (C=O) groups excluding carboxylic acids is 2. The first kappa shape index (κ1) is 60.8. The van der Waals surface area contributed by atoms with Gasteiger partial charge in [-0.3, -0.25) is 14.1 Å². The zero-order valence-corrected chi connectivity index (χ0v) is 41.3. The van der Waals surface area contributed by atoms with Crippen molar-refractivity contribution in [3.63, 3.8) is 0 Å². The molecule has 12 nitrogen and oxygen atoms in total. The number of esters is 2. The minimum Gasteiger partial charge on any atom is -0.462 e. The molecule has 0 spiro atoms. The van der Waals surface area contributed by atoms with E-state index in [0.29, 0.717) is 12.8 Å². The molecule has 0 amide bonds. The maximum absolute atomic E-state index is 12.9. The van der Waals surface area contributed by atoms with Gasteiger partial charge in [0.05, 0.1) is 6.61 Å². The van der Waals surface area contributed by atoms with Crippen molar-refractivity contribution in [2.75, 3.05) is 19.0 Å². The van der Waals surface area contributed by atoms with E-state index in [1.54, 1.807) is 0 Å². The Morgan fingerprint density at radius 3 is 1.44 bits per heavy atom. The van der Waals surface area contributed by atoms with Gasteiger partial charge in [-0.1, -0.05) is 163 Å². The van der Waals surface area contributed by atoms with Crippen LogP contribution in [0.3, 0.4) is 0 Å². The monoisotopic (exact) mass is 949 g/mol. The normalized spacial score (nSPS) is 20.1. The Balaban J connectivity index is 2.43. The summed E-state index contributed by atoms with van der Waals surface area (Å²) in [6.07, 6.45) is 46.1. The number of aliphatic hydroxyl groups is 3. The second-order valence-electron chi connectivity index (χ2n) is 17.1. The molecule has 1 rings (SSSR count). The molecule has 6 atom stereocenters. The summed E-state index contributed by atoms with van der Waals surface area (Å²) in [4.78, 5) is 25.5. The van der Waals surface area contributed by atoms with Gasteiger partial charge in [-0.25, -0.2) is 0 Å². The third-order valence-electron chi connectivity index (χ3n) is 11.0. The number of ether oxygens (including phenoxy) is 4. The molecule has 66 heavy (non-hydrogen) atoms. The fourth-order valence-electron chi connectivity index (χ4n) is 7.09. The van der Waals surface area contributed by atoms with Crippen LogP contribution in [0.4, 0.5) is 0 Å². The van der Waals surface area contributed by atoms with Gasteiger partial charge in [-0.05, 0) is 89.9 Å². The molecule has 0 saturated carbocycles. The van der Waals surface area contributed by atoms with Crippen molar-refractivity contribution in [1.29, 1.82) is 0 Å². The van der Waals surface area contributed by atoms with Gasteiger partial charge in [-0.15, -0.1) is 0 Å². The fourth-order valence-corrected chi connectivity index (χ4v) is 7.78. The largest absolute Gasteiger partial charge is 0.462 e. The Morgan fingerprint density at radius 2 is 0.955 bits per heavy atom. The van der Waals surface area contributed by atoms with E-state index in [1.165, 1.54) is 57.8 Å². The van der Waals surface area contributed by atoms with Crippen LogP contribution < -0.4 is 0 Å². The first-order valence-electron chi connectivity index (χ1n) is 25.1. The number of unbranched alkanes of at least 4 members (excludes halogenated alkanes) is 15. The molecular weight excluding hydrogens is 861 g/mol. The quantitative estimate of drug-likeness (QED) is 0.0197. The maximum Gasteiger partial charge on any atom is 0.306 e. The summed E-state index contributed by atoms with van der Waals surface area (Å²) < 4.78 is 54.2. The molecule has 1 aliphatic rings. The van der Waals surface area contributed by atoms with Crippen LogP contribution in [0.15, 0.2) is 85.1 Å². The lowest BCUT2D eigenvalue weighted by atomic mass is 10.00. The Labute approximate surface area is 399 Å². The maximum atomic E-state index is 12.9. The molecule has 13 heteroatoms. The second kappa shape index (κ2) is 42.0. The van der Waals surface area contributed by atoms with Gasteiger partial charge < -0.3 is 34.3 Å². The molecule has 1 saturated heterocycles. The van der Waals surface area contributed by atoms with E-state index in [4.69, 9.17) is 18.9 Å². The lowest BCUT2D eigenvalue weighted by molar-refractivity contribution is -0.297. The van der Waals surface area contributed by atoms with E-state index in [0.717, 1.165) is 83.5 Å². The lowest BCUT2D eigenvalue weighted by Crippen LogP contribution is -2.60. The third kappa shape index (κ3) is 35.9. The van der Waals surface area contributed by atoms with Gasteiger partial charge in [0.15, 0.2) is 12.4 Å². The number of allylic oxidation sites excluding steroid dienone is 14. The fraction of sp³-hybridized carbons (Fsp3) is 0.698. The summed E-state index contributed by atoms with van der Waals surface area (Å²) in [5, 5.41) is 31.0. The first-order valence-corrected chi connectivity index (χ1v) is 26.8. The van der Waals surface area contributed by atoms with Crippen molar-refractivity contribution >= 4 is 22.1 Å². The van der Waals surface area contributed by atoms with Crippen molar-refractivity contribution in [2.45, 2.75) is 218 Å². The van der Waals surface area contributed by atoms with Crippen molar-refractivity contribution in [2.24, 2.45) is 0 Å². The smallest absolute Gasteiger partial charge is 0.306 e. The molecule has 1 heterocycles. The van der Waals surface area contributed by atoms with Gasteiger partial charge in [0.25, 0.3) is 10.1 Å². The molecule has 1 fully saturated rings. The summed E-state index contributed by atoms with van der Waals surface area (Å²) >= 11 is 0. The van der Waals surface area contributed by atoms with Crippen LogP contribution in [0, 0.1) is 0 Å². The number of carbonyl (C=O) groups is 2. The van der Waals surface area contributed by atoms with E-state index in [9.17, 15) is 37.9 Å². The third-order valence-corrected chi connectivity index (χ3v) is 11.7. The van der Waals surface area contributed by atoms with Crippen LogP contribution in [0.5, 0.6) is 0 Å². The van der Waals surface area contributed by atoms with Crippen LogP contribution >= 0.6 is 0 Å². The van der Waals surface area contributed by atoms with Gasteiger partial charge in [0.2, 0.25) is 0 Å². The van der Waals surface area contributed by atoms with Crippen LogP contribution in [0.1, 0.15) is 181 Å². The predicted molar refractivity (Wildman–Crippen MR) is 265 cm³/mol. The van der Waals surface area contributed by atoms with Crippen molar-refractivity contribution in [3.05, 3.63) is 85.1 Å². The highest BCUT2D eigenvalue weighted by Crippen LogP contribution is 2.24. The van der Waals surface area contributed by atoms with E-state index in [1.807, 2.05) is 0 Å². The van der Waals surface area contributed by atoms with Gasteiger partial charge in [0, 0.05) is 12.8 Å². The Morgan fingerprint density at radius 1 is 0.530 bits per heavy atom.